The smallest absolute Gasteiger partial charge is 0.115 e. The molecule has 0 saturated carbocycles. The zero-order valence-corrected chi connectivity index (χ0v) is 20.0. The summed E-state index contributed by atoms with van der Waals surface area (Å²) < 4.78 is 0. The average molecular weight is 448 g/mol. The van der Waals surface area contributed by atoms with Gasteiger partial charge < -0.3 is 20.4 Å². The van der Waals surface area contributed by atoms with E-state index in [9.17, 15) is 10.2 Å². The van der Waals surface area contributed by atoms with Crippen LogP contribution in [-0.2, 0) is 19.4 Å². The van der Waals surface area contributed by atoms with Crippen molar-refractivity contribution in [2.24, 2.45) is 0 Å². The summed E-state index contributed by atoms with van der Waals surface area (Å²) in [5.74, 6) is 0.598. The Balaban J connectivity index is 1.84. The number of nitrogens with zero attached hydrogens (tertiary/aromatic N) is 2. The lowest BCUT2D eigenvalue weighted by atomic mass is 10.00. The minimum atomic E-state index is 0.294. The third-order valence-corrected chi connectivity index (χ3v) is 6.18. The molecule has 5 nitrogen and oxygen atoms in total. The Kier molecular flexibility index (Phi) is 9.31. The first-order valence-electron chi connectivity index (χ1n) is 11.6. The van der Waals surface area contributed by atoms with Crippen LogP contribution in [0, 0.1) is 0 Å². The van der Waals surface area contributed by atoms with Gasteiger partial charge in [0.15, 0.2) is 0 Å². The van der Waals surface area contributed by atoms with Gasteiger partial charge in [0, 0.05) is 31.7 Å². The first-order chi connectivity index (χ1) is 15.9. The van der Waals surface area contributed by atoms with E-state index in [1.165, 1.54) is 16.7 Å². The lowest BCUT2D eigenvalue weighted by Gasteiger charge is -2.37. The number of nitrogens with one attached hydrogen (secondary N) is 1. The van der Waals surface area contributed by atoms with Crippen LogP contribution < -0.4 is 5.32 Å². The van der Waals surface area contributed by atoms with E-state index in [0.717, 1.165) is 32.5 Å². The van der Waals surface area contributed by atoms with E-state index in [-0.39, 0.29) is 0 Å². The highest BCUT2D eigenvalue weighted by molar-refractivity contribution is 5.27. The van der Waals surface area contributed by atoms with Gasteiger partial charge in [-0.25, -0.2) is 0 Å². The van der Waals surface area contributed by atoms with Gasteiger partial charge in [0.05, 0.1) is 0 Å². The van der Waals surface area contributed by atoms with E-state index < -0.39 is 0 Å². The second kappa shape index (κ2) is 12.4. The summed E-state index contributed by atoms with van der Waals surface area (Å²) in [6.07, 6.45) is 1.80. The number of phenolic OH excluding ortho intramolecular Hbond substituents is 2. The molecule has 5 heteroatoms. The highest BCUT2D eigenvalue weighted by Crippen LogP contribution is 2.19. The molecule has 0 amide bonds. The van der Waals surface area contributed by atoms with Crippen LogP contribution in [-0.4, -0.2) is 66.3 Å². The van der Waals surface area contributed by atoms with Gasteiger partial charge >= 0.3 is 0 Å². The Morgan fingerprint density at radius 3 is 1.70 bits per heavy atom. The molecule has 3 rings (SSSR count). The topological polar surface area (TPSA) is 59.0 Å². The number of hydrogen-bond acceptors (Lipinski definition) is 5. The summed E-state index contributed by atoms with van der Waals surface area (Å²) in [5.41, 5.74) is 3.73. The summed E-state index contributed by atoms with van der Waals surface area (Å²) in [4.78, 5) is 4.87. The first-order valence-corrected chi connectivity index (χ1v) is 11.6. The van der Waals surface area contributed by atoms with Crippen LogP contribution in [0.4, 0.5) is 0 Å². The molecule has 3 aromatic carbocycles. The summed E-state index contributed by atoms with van der Waals surface area (Å²) in [6, 6.07) is 26.3. The maximum Gasteiger partial charge on any atom is 0.115 e. The molecule has 0 aliphatic heterocycles. The van der Waals surface area contributed by atoms with Gasteiger partial charge in [-0.15, -0.1) is 0 Å². The first kappa shape index (κ1) is 24.8. The van der Waals surface area contributed by atoms with E-state index in [0.29, 0.717) is 23.6 Å². The van der Waals surface area contributed by atoms with Crippen LogP contribution in [0.2, 0.25) is 0 Å². The van der Waals surface area contributed by atoms with Crippen LogP contribution in [0.1, 0.15) is 16.7 Å². The highest BCUT2D eigenvalue weighted by Gasteiger charge is 2.24. The van der Waals surface area contributed by atoms with Crippen molar-refractivity contribution in [1.29, 1.82) is 0 Å². The molecule has 3 N–H and O–H groups in total. The Morgan fingerprint density at radius 2 is 1.21 bits per heavy atom. The molecule has 176 valence electrons. The number of hydrogen-bond donors (Lipinski definition) is 3. The summed E-state index contributed by atoms with van der Waals surface area (Å²) >= 11 is 0. The van der Waals surface area contributed by atoms with Crippen molar-refractivity contribution in [2.75, 3.05) is 34.2 Å². The number of aromatic hydroxyl groups is 2. The molecule has 0 heterocycles. The lowest BCUT2D eigenvalue weighted by molar-refractivity contribution is 0.129. The minimum absolute atomic E-state index is 0.294. The lowest BCUT2D eigenvalue weighted by Crippen LogP contribution is -2.49. The van der Waals surface area contributed by atoms with Crippen LogP contribution in [0.5, 0.6) is 11.5 Å². The molecular formula is C28H37N3O2. The maximum atomic E-state index is 9.69. The second-order valence-corrected chi connectivity index (χ2v) is 8.99. The summed E-state index contributed by atoms with van der Waals surface area (Å²) in [7, 11) is 6.28. The minimum Gasteiger partial charge on any atom is -0.508 e. The van der Waals surface area contributed by atoms with Gasteiger partial charge in [0.2, 0.25) is 0 Å². The van der Waals surface area contributed by atoms with E-state index in [1.807, 2.05) is 31.3 Å². The second-order valence-electron chi connectivity index (χ2n) is 8.99. The monoisotopic (exact) mass is 447 g/mol. The Bertz CT molecular complexity index is 943. The summed E-state index contributed by atoms with van der Waals surface area (Å²) in [6.45, 7) is 2.64. The molecule has 0 unspecified atom stereocenters. The molecule has 0 aliphatic rings. The molecule has 0 fully saturated rings. The molecule has 0 aliphatic carbocycles. The van der Waals surface area contributed by atoms with Crippen molar-refractivity contribution < 1.29 is 10.2 Å². The predicted molar refractivity (Wildman–Crippen MR) is 136 cm³/mol. The van der Waals surface area contributed by atoms with E-state index >= 15 is 0 Å². The van der Waals surface area contributed by atoms with Gasteiger partial charge in [-0.05, 0) is 74.9 Å². The largest absolute Gasteiger partial charge is 0.508 e. The fraction of sp³-hybridized carbons (Fsp3) is 0.357. The van der Waals surface area contributed by atoms with Gasteiger partial charge in [-0.3, -0.25) is 4.90 Å². The fourth-order valence-corrected chi connectivity index (χ4v) is 4.22. The van der Waals surface area contributed by atoms with Crippen LogP contribution in [0.3, 0.4) is 0 Å². The molecule has 0 saturated heterocycles. The third kappa shape index (κ3) is 7.90. The predicted octanol–water partition coefficient (Wildman–Crippen LogP) is 3.90. The van der Waals surface area contributed by atoms with Crippen LogP contribution >= 0.6 is 0 Å². The number of rotatable bonds is 12. The van der Waals surface area contributed by atoms with E-state index in [4.69, 9.17) is 0 Å². The standard InChI is InChI=1S/C28H37N3O2/c1-29-19-25(17-22-9-13-27(32)14-10-22)31(20-24-7-5-4-6-8-24)21-26(30(2)3)18-23-11-15-28(33)16-12-23/h4-16,25-26,29,32-33H,17-21H2,1-3H3/t25-,26-/m0/s1. The van der Waals surface area contributed by atoms with Crippen molar-refractivity contribution in [2.45, 2.75) is 31.5 Å². The molecule has 2 atom stereocenters. The van der Waals surface area contributed by atoms with E-state index in [1.54, 1.807) is 24.3 Å². The molecule has 33 heavy (non-hydrogen) atoms. The SMILES string of the molecule is CNC[C@H](Cc1ccc(O)cc1)N(Cc1ccccc1)C[C@H](Cc1ccc(O)cc1)N(C)C. The van der Waals surface area contributed by atoms with Crippen molar-refractivity contribution in [3.05, 3.63) is 95.6 Å². The number of phenols is 2. The zero-order valence-electron chi connectivity index (χ0n) is 20.0. The molecular weight excluding hydrogens is 410 g/mol. The Morgan fingerprint density at radius 1 is 0.697 bits per heavy atom. The molecule has 0 aromatic heterocycles. The fourth-order valence-electron chi connectivity index (χ4n) is 4.22. The summed E-state index contributed by atoms with van der Waals surface area (Å²) in [5, 5.41) is 22.7. The maximum absolute atomic E-state index is 9.69. The van der Waals surface area contributed by atoms with Gasteiger partial charge in [-0.2, -0.15) is 0 Å². The number of benzene rings is 3. The van der Waals surface area contributed by atoms with Gasteiger partial charge in [0.1, 0.15) is 11.5 Å². The van der Waals surface area contributed by atoms with Gasteiger partial charge in [0.25, 0.3) is 0 Å². The van der Waals surface area contributed by atoms with Crippen molar-refractivity contribution in [3.8, 4) is 11.5 Å². The van der Waals surface area contributed by atoms with Crippen molar-refractivity contribution >= 4 is 0 Å². The highest BCUT2D eigenvalue weighted by atomic mass is 16.3. The molecule has 0 radical (unpaired) electrons. The Labute approximate surface area is 198 Å². The van der Waals surface area contributed by atoms with Crippen LogP contribution in [0.25, 0.3) is 0 Å². The average Bonchev–Trinajstić information content (AvgIpc) is 2.81. The third-order valence-electron chi connectivity index (χ3n) is 6.18. The zero-order chi connectivity index (χ0) is 23.6. The van der Waals surface area contributed by atoms with E-state index in [2.05, 4.69) is 59.5 Å². The number of likely N-dealkylation sites (N-methyl/N-ethyl adjacent to an activating group) is 2. The van der Waals surface area contributed by atoms with Crippen molar-refractivity contribution in [3.63, 3.8) is 0 Å². The molecule has 0 spiro atoms. The molecule has 3 aromatic rings. The quantitative estimate of drug-likeness (QED) is 0.393. The normalized spacial score (nSPS) is 13.4. The Hall–Kier alpha value is -2.86. The molecule has 0 bridgehead atoms. The van der Waals surface area contributed by atoms with Crippen LogP contribution in [0.15, 0.2) is 78.9 Å². The van der Waals surface area contributed by atoms with Gasteiger partial charge in [-0.1, -0.05) is 54.6 Å². The van der Waals surface area contributed by atoms with Crippen molar-refractivity contribution in [1.82, 2.24) is 15.1 Å².